The van der Waals surface area contributed by atoms with Crippen molar-refractivity contribution in [2.24, 2.45) is 0 Å². The van der Waals surface area contributed by atoms with Crippen molar-refractivity contribution < 1.29 is 18.7 Å². The number of anilines is 1. The summed E-state index contributed by atoms with van der Waals surface area (Å²) in [6.45, 7) is -0.797. The van der Waals surface area contributed by atoms with Crippen LogP contribution in [0, 0.1) is 5.82 Å². The van der Waals surface area contributed by atoms with Gasteiger partial charge in [0, 0.05) is 6.54 Å². The van der Waals surface area contributed by atoms with Gasteiger partial charge in [0.05, 0.1) is 11.3 Å². The predicted octanol–water partition coefficient (Wildman–Crippen LogP) is 1.91. The maximum Gasteiger partial charge on any atom is 0.337 e. The molecule has 0 aliphatic rings. The van der Waals surface area contributed by atoms with E-state index in [1.165, 1.54) is 12.1 Å². The van der Waals surface area contributed by atoms with Crippen LogP contribution in [-0.2, 0) is 0 Å². The van der Waals surface area contributed by atoms with Crippen molar-refractivity contribution in [3.8, 4) is 0 Å². The van der Waals surface area contributed by atoms with E-state index in [9.17, 15) is 13.6 Å². The summed E-state index contributed by atoms with van der Waals surface area (Å²) < 4.78 is 24.9. The summed E-state index contributed by atoms with van der Waals surface area (Å²) in [6, 6.07) is 3.67. The Morgan fingerprint density at radius 2 is 2.21 bits per heavy atom. The zero-order valence-electron chi connectivity index (χ0n) is 7.26. The van der Waals surface area contributed by atoms with Crippen molar-refractivity contribution in [2.75, 3.05) is 18.5 Å². The van der Waals surface area contributed by atoms with Gasteiger partial charge in [0.15, 0.2) is 0 Å². The van der Waals surface area contributed by atoms with Crippen molar-refractivity contribution in [1.29, 1.82) is 0 Å². The maximum atomic E-state index is 13.1. The van der Waals surface area contributed by atoms with Crippen LogP contribution >= 0.6 is 0 Å². The molecule has 2 N–H and O–H groups in total. The molecule has 3 nitrogen and oxygen atoms in total. The Labute approximate surface area is 79.4 Å². The summed E-state index contributed by atoms with van der Waals surface area (Å²) in [5.74, 6) is -1.94. The highest BCUT2D eigenvalue weighted by atomic mass is 19.1. The van der Waals surface area contributed by atoms with Crippen molar-refractivity contribution in [1.82, 2.24) is 0 Å². The Hall–Kier alpha value is -1.65. The molecule has 76 valence electrons. The molecule has 0 heterocycles. The minimum atomic E-state index is -1.24. The van der Waals surface area contributed by atoms with E-state index in [4.69, 9.17) is 5.11 Å². The molecule has 0 aromatic heterocycles. The number of hydrogen-bond acceptors (Lipinski definition) is 2. The first kappa shape index (κ1) is 10.4. The van der Waals surface area contributed by atoms with E-state index in [-0.39, 0.29) is 17.8 Å². The second-order valence-corrected chi connectivity index (χ2v) is 2.58. The Morgan fingerprint density at radius 3 is 2.79 bits per heavy atom. The highest BCUT2D eigenvalue weighted by molar-refractivity contribution is 5.94. The van der Waals surface area contributed by atoms with Crippen LogP contribution in [0.4, 0.5) is 14.5 Å². The first-order valence-electron chi connectivity index (χ1n) is 3.98. The van der Waals surface area contributed by atoms with Gasteiger partial charge < -0.3 is 10.4 Å². The first-order valence-corrected chi connectivity index (χ1v) is 3.98. The number of benzene rings is 1. The molecule has 0 atom stereocenters. The van der Waals surface area contributed by atoms with Crippen LogP contribution in [0.2, 0.25) is 0 Å². The summed E-state index contributed by atoms with van der Waals surface area (Å²) in [5, 5.41) is 11.1. The Bertz CT molecular complexity index is 342. The van der Waals surface area contributed by atoms with Crippen molar-refractivity contribution in [3.63, 3.8) is 0 Å². The van der Waals surface area contributed by atoms with Crippen LogP contribution in [0.1, 0.15) is 10.4 Å². The van der Waals surface area contributed by atoms with Crippen LogP contribution < -0.4 is 5.32 Å². The first-order chi connectivity index (χ1) is 6.66. The van der Waals surface area contributed by atoms with Crippen LogP contribution in [0.5, 0.6) is 0 Å². The minimum Gasteiger partial charge on any atom is -0.478 e. The molecule has 0 spiro atoms. The molecular formula is C9H9F2NO2. The normalized spacial score (nSPS) is 9.86. The average molecular weight is 201 g/mol. The van der Waals surface area contributed by atoms with E-state index < -0.39 is 18.5 Å². The fraction of sp³-hybridized carbons (Fsp3) is 0.222. The number of para-hydroxylation sites is 1. The lowest BCUT2D eigenvalue weighted by Crippen LogP contribution is -2.10. The number of carboxylic acid groups (broad SMARTS) is 1. The van der Waals surface area contributed by atoms with Gasteiger partial charge in [-0.05, 0) is 12.1 Å². The number of hydrogen-bond donors (Lipinski definition) is 2. The van der Waals surface area contributed by atoms with E-state index in [1.807, 2.05) is 0 Å². The highest BCUT2D eigenvalue weighted by Crippen LogP contribution is 2.19. The SMILES string of the molecule is O=C(O)c1cccc(F)c1NCCF. The summed E-state index contributed by atoms with van der Waals surface area (Å²) >= 11 is 0. The number of rotatable bonds is 4. The molecule has 0 aliphatic heterocycles. The van der Waals surface area contributed by atoms with Gasteiger partial charge in [-0.3, -0.25) is 0 Å². The van der Waals surface area contributed by atoms with Gasteiger partial charge in [-0.15, -0.1) is 0 Å². The number of aromatic carboxylic acids is 1. The number of alkyl halides is 1. The van der Waals surface area contributed by atoms with Crippen molar-refractivity contribution in [2.45, 2.75) is 0 Å². The second-order valence-electron chi connectivity index (χ2n) is 2.58. The molecule has 14 heavy (non-hydrogen) atoms. The molecular weight excluding hydrogens is 192 g/mol. The second kappa shape index (κ2) is 4.55. The van der Waals surface area contributed by atoms with Crippen molar-refractivity contribution >= 4 is 11.7 Å². The largest absolute Gasteiger partial charge is 0.478 e. The van der Waals surface area contributed by atoms with Crippen LogP contribution in [-0.4, -0.2) is 24.3 Å². The third-order valence-corrected chi connectivity index (χ3v) is 1.64. The summed E-state index contributed by atoms with van der Waals surface area (Å²) in [7, 11) is 0. The Morgan fingerprint density at radius 1 is 1.50 bits per heavy atom. The molecule has 0 saturated carbocycles. The lowest BCUT2D eigenvalue weighted by atomic mass is 10.1. The van der Waals surface area contributed by atoms with Crippen molar-refractivity contribution in [3.05, 3.63) is 29.6 Å². The summed E-state index contributed by atoms with van der Waals surface area (Å²) in [6.07, 6.45) is 0. The van der Waals surface area contributed by atoms with Crippen LogP contribution in [0.25, 0.3) is 0 Å². The zero-order valence-corrected chi connectivity index (χ0v) is 7.26. The quantitative estimate of drug-likeness (QED) is 0.782. The number of carbonyl (C=O) groups is 1. The van der Waals surface area contributed by atoms with Gasteiger partial charge in [-0.1, -0.05) is 6.07 Å². The maximum absolute atomic E-state index is 13.1. The number of carboxylic acids is 1. The van der Waals surface area contributed by atoms with Crippen LogP contribution in [0.15, 0.2) is 18.2 Å². The molecule has 0 amide bonds. The van der Waals surface area contributed by atoms with Gasteiger partial charge >= 0.3 is 5.97 Å². The third-order valence-electron chi connectivity index (χ3n) is 1.64. The molecule has 0 bridgehead atoms. The highest BCUT2D eigenvalue weighted by Gasteiger charge is 2.13. The average Bonchev–Trinajstić information content (AvgIpc) is 2.15. The molecule has 1 aromatic rings. The molecule has 0 radical (unpaired) electrons. The zero-order chi connectivity index (χ0) is 10.6. The topological polar surface area (TPSA) is 49.3 Å². The fourth-order valence-corrected chi connectivity index (χ4v) is 1.05. The third kappa shape index (κ3) is 2.18. The lowest BCUT2D eigenvalue weighted by Gasteiger charge is -2.08. The Kier molecular flexibility index (Phi) is 3.39. The minimum absolute atomic E-state index is 0.110. The molecule has 1 aromatic carbocycles. The fourth-order valence-electron chi connectivity index (χ4n) is 1.05. The van der Waals surface area contributed by atoms with Gasteiger partial charge in [0.2, 0.25) is 0 Å². The molecule has 0 saturated heterocycles. The number of nitrogens with one attached hydrogen (secondary N) is 1. The van der Waals surface area contributed by atoms with Crippen LogP contribution in [0.3, 0.4) is 0 Å². The van der Waals surface area contributed by atoms with Gasteiger partial charge in [0.25, 0.3) is 0 Å². The van der Waals surface area contributed by atoms with E-state index in [2.05, 4.69) is 5.32 Å². The molecule has 0 fully saturated rings. The summed E-state index contributed by atoms with van der Waals surface area (Å²) in [4.78, 5) is 10.6. The lowest BCUT2D eigenvalue weighted by molar-refractivity contribution is 0.0697. The van der Waals surface area contributed by atoms with Gasteiger partial charge in [-0.25, -0.2) is 13.6 Å². The van der Waals surface area contributed by atoms with Gasteiger partial charge in [0.1, 0.15) is 12.5 Å². The van der Waals surface area contributed by atoms with E-state index >= 15 is 0 Å². The smallest absolute Gasteiger partial charge is 0.337 e. The predicted molar refractivity (Wildman–Crippen MR) is 47.8 cm³/mol. The monoisotopic (exact) mass is 201 g/mol. The summed E-state index contributed by atoms with van der Waals surface area (Å²) in [5.41, 5.74) is -0.365. The molecule has 0 aliphatic carbocycles. The van der Waals surface area contributed by atoms with E-state index in [0.717, 1.165) is 6.07 Å². The number of halogens is 2. The standard InChI is InChI=1S/C9H9F2NO2/c10-4-5-12-8-6(9(13)14)2-1-3-7(8)11/h1-3,12H,4-5H2,(H,13,14). The molecule has 0 unspecified atom stereocenters. The molecule has 1 rings (SSSR count). The van der Waals surface area contributed by atoms with E-state index in [1.54, 1.807) is 0 Å². The molecule has 5 heteroatoms. The Balaban J connectivity index is 3.02. The van der Waals surface area contributed by atoms with Gasteiger partial charge in [-0.2, -0.15) is 0 Å². The van der Waals surface area contributed by atoms with E-state index in [0.29, 0.717) is 0 Å².